The summed E-state index contributed by atoms with van der Waals surface area (Å²) in [5.74, 6) is 0. The lowest BCUT2D eigenvalue weighted by Crippen LogP contribution is -2.67. The van der Waals surface area contributed by atoms with Gasteiger partial charge in [0.05, 0.1) is 0 Å². The molecule has 0 saturated heterocycles. The Morgan fingerprint density at radius 3 is 1.47 bits per heavy atom. The van der Waals surface area contributed by atoms with Gasteiger partial charge in [0.15, 0.2) is 8.32 Å². The second kappa shape index (κ2) is 7.04. The van der Waals surface area contributed by atoms with Crippen LogP contribution in [0, 0.1) is 0 Å². The normalized spacial score (nSPS) is 19.8. The fourth-order valence-corrected chi connectivity index (χ4v) is 11.0. The van der Waals surface area contributed by atoms with Gasteiger partial charge < -0.3 is 15.6 Å². The molecular formula is C12H32N2OSi2. The van der Waals surface area contributed by atoms with Crippen LogP contribution in [0.5, 0.6) is 0 Å². The highest BCUT2D eigenvalue weighted by Crippen LogP contribution is 2.24. The van der Waals surface area contributed by atoms with Gasteiger partial charge >= 0.3 is 0 Å². The first kappa shape index (κ1) is 17.3. The van der Waals surface area contributed by atoms with Crippen LogP contribution in [0.4, 0.5) is 0 Å². The molecule has 0 radical (unpaired) electrons. The third-order valence-electron chi connectivity index (χ3n) is 3.20. The van der Waals surface area contributed by atoms with Crippen LogP contribution in [0.3, 0.4) is 0 Å². The van der Waals surface area contributed by atoms with Gasteiger partial charge in [-0.15, -0.1) is 0 Å². The summed E-state index contributed by atoms with van der Waals surface area (Å²) in [7, 11) is -3.59. The van der Waals surface area contributed by atoms with E-state index in [2.05, 4.69) is 40.0 Å². The first-order valence-corrected chi connectivity index (χ1v) is 12.9. The van der Waals surface area contributed by atoms with Crippen molar-refractivity contribution in [3.63, 3.8) is 0 Å². The second-order valence-electron chi connectivity index (χ2n) is 6.19. The maximum absolute atomic E-state index is 6.48. The van der Waals surface area contributed by atoms with Crippen molar-refractivity contribution in [1.29, 1.82) is 0 Å². The Hall–Kier alpha value is 0.314. The van der Waals surface area contributed by atoms with E-state index in [9.17, 15) is 0 Å². The van der Waals surface area contributed by atoms with E-state index in [1.165, 1.54) is 0 Å². The van der Waals surface area contributed by atoms with Crippen LogP contribution < -0.4 is 11.5 Å². The summed E-state index contributed by atoms with van der Waals surface area (Å²) in [5, 5.41) is 0. The molecule has 0 spiro atoms. The Balaban J connectivity index is 4.91. The second-order valence-corrected chi connectivity index (χ2v) is 15.1. The summed E-state index contributed by atoms with van der Waals surface area (Å²) < 4.78 is 6.48. The quantitative estimate of drug-likeness (QED) is 0.670. The zero-order valence-corrected chi connectivity index (χ0v) is 14.5. The van der Waals surface area contributed by atoms with E-state index >= 15 is 0 Å². The van der Waals surface area contributed by atoms with E-state index in [0.29, 0.717) is 0 Å². The molecule has 4 N–H and O–H groups in total. The standard InChI is InChI=1S/C12H32N2OSi2/c1-7-9-11(13)17(6,12(14)10-8-2)15-16(3,4)5/h11-12H,7-10,13-14H2,1-6H3. The summed E-state index contributed by atoms with van der Waals surface area (Å²) in [6.07, 6.45) is 4.28. The topological polar surface area (TPSA) is 61.3 Å². The lowest BCUT2D eigenvalue weighted by Gasteiger charge is -2.42. The molecule has 0 aliphatic rings. The van der Waals surface area contributed by atoms with E-state index in [4.69, 9.17) is 15.6 Å². The van der Waals surface area contributed by atoms with E-state index in [-0.39, 0.29) is 11.3 Å². The van der Waals surface area contributed by atoms with Crippen LogP contribution >= 0.6 is 0 Å². The summed E-state index contributed by atoms with van der Waals surface area (Å²) >= 11 is 0. The van der Waals surface area contributed by atoms with E-state index in [1.54, 1.807) is 0 Å². The molecule has 0 aromatic rings. The highest BCUT2D eigenvalue weighted by molar-refractivity contribution is 6.86. The predicted octanol–water partition coefficient (Wildman–Crippen LogP) is 2.75. The van der Waals surface area contributed by atoms with E-state index in [1.807, 2.05) is 0 Å². The molecule has 0 aromatic heterocycles. The minimum Gasteiger partial charge on any atom is -0.454 e. The maximum atomic E-state index is 6.48. The Morgan fingerprint density at radius 1 is 0.882 bits per heavy atom. The zero-order valence-electron chi connectivity index (χ0n) is 12.5. The van der Waals surface area contributed by atoms with Gasteiger partial charge in [0, 0.05) is 11.3 Å². The number of hydrogen-bond donors (Lipinski definition) is 2. The molecule has 0 rings (SSSR count). The first-order chi connectivity index (χ1) is 7.67. The minimum absolute atomic E-state index is 0.167. The third-order valence-corrected chi connectivity index (χ3v) is 10.9. The van der Waals surface area contributed by atoms with Crippen LogP contribution in [-0.4, -0.2) is 28.0 Å². The van der Waals surface area contributed by atoms with Gasteiger partial charge in [-0.2, -0.15) is 0 Å². The Kier molecular flexibility index (Phi) is 7.17. The molecular weight excluding hydrogens is 244 g/mol. The molecule has 104 valence electrons. The molecule has 0 heterocycles. The predicted molar refractivity (Wildman–Crippen MR) is 81.8 cm³/mol. The van der Waals surface area contributed by atoms with Crippen molar-refractivity contribution in [2.24, 2.45) is 11.5 Å². The summed E-state index contributed by atoms with van der Waals surface area (Å²) in [4.78, 5) is 0. The summed E-state index contributed by atoms with van der Waals surface area (Å²) in [6.45, 7) is 13.3. The first-order valence-electron chi connectivity index (χ1n) is 6.88. The van der Waals surface area contributed by atoms with Gasteiger partial charge in [-0.05, 0) is 39.0 Å². The van der Waals surface area contributed by atoms with Gasteiger partial charge in [-0.1, -0.05) is 26.7 Å². The molecule has 0 fully saturated rings. The SMILES string of the molecule is CCCC(N)[Si](C)(O[Si](C)(C)C)C(N)CCC. The number of hydrogen-bond acceptors (Lipinski definition) is 3. The summed E-state index contributed by atoms with van der Waals surface area (Å²) in [5.41, 5.74) is 13.1. The van der Waals surface area contributed by atoms with Crippen molar-refractivity contribution in [3.8, 4) is 0 Å². The van der Waals surface area contributed by atoms with Crippen molar-refractivity contribution < 1.29 is 4.12 Å². The Morgan fingerprint density at radius 2 is 1.24 bits per heavy atom. The van der Waals surface area contributed by atoms with E-state index < -0.39 is 16.6 Å². The molecule has 0 aromatic carbocycles. The van der Waals surface area contributed by atoms with Crippen molar-refractivity contribution >= 4 is 16.6 Å². The summed E-state index contributed by atoms with van der Waals surface area (Å²) in [6, 6.07) is 0. The lowest BCUT2D eigenvalue weighted by atomic mass is 10.3. The van der Waals surface area contributed by atoms with Gasteiger partial charge in [0.2, 0.25) is 8.32 Å². The smallest absolute Gasteiger partial charge is 0.210 e. The molecule has 3 nitrogen and oxygen atoms in total. The van der Waals surface area contributed by atoms with Crippen LogP contribution in [0.15, 0.2) is 0 Å². The highest BCUT2D eigenvalue weighted by Gasteiger charge is 2.44. The molecule has 0 bridgehead atoms. The average Bonchev–Trinajstić information content (AvgIpc) is 2.15. The molecule has 0 aliphatic heterocycles. The van der Waals surface area contributed by atoms with Crippen LogP contribution in [0.25, 0.3) is 0 Å². The zero-order chi connectivity index (χ0) is 13.7. The van der Waals surface area contributed by atoms with Crippen LogP contribution in [0.2, 0.25) is 26.2 Å². The Bertz CT molecular complexity index is 207. The largest absolute Gasteiger partial charge is 0.454 e. The highest BCUT2D eigenvalue weighted by atomic mass is 28.4. The molecule has 2 atom stereocenters. The van der Waals surface area contributed by atoms with Gasteiger partial charge in [0.25, 0.3) is 0 Å². The molecule has 0 aliphatic carbocycles. The minimum atomic E-state index is -2.02. The number of nitrogens with two attached hydrogens (primary N) is 2. The molecule has 17 heavy (non-hydrogen) atoms. The molecule has 0 amide bonds. The number of rotatable bonds is 8. The van der Waals surface area contributed by atoms with Crippen LogP contribution in [0.1, 0.15) is 39.5 Å². The van der Waals surface area contributed by atoms with Crippen LogP contribution in [-0.2, 0) is 4.12 Å². The molecule has 0 saturated carbocycles. The Labute approximate surface area is 110 Å². The lowest BCUT2D eigenvalue weighted by molar-refractivity contribution is 0.473. The van der Waals surface area contributed by atoms with Crippen molar-refractivity contribution in [2.75, 3.05) is 0 Å². The monoisotopic (exact) mass is 276 g/mol. The van der Waals surface area contributed by atoms with Crippen molar-refractivity contribution in [3.05, 3.63) is 0 Å². The molecule has 5 heteroatoms. The van der Waals surface area contributed by atoms with Crippen molar-refractivity contribution in [2.45, 2.75) is 77.0 Å². The third kappa shape index (κ3) is 5.65. The fraction of sp³-hybridized carbons (Fsp3) is 1.00. The average molecular weight is 277 g/mol. The maximum Gasteiger partial charge on any atom is 0.210 e. The van der Waals surface area contributed by atoms with E-state index in [0.717, 1.165) is 25.7 Å². The fourth-order valence-electron chi connectivity index (χ4n) is 2.28. The van der Waals surface area contributed by atoms with Gasteiger partial charge in [-0.3, -0.25) is 0 Å². The molecule has 2 unspecified atom stereocenters. The van der Waals surface area contributed by atoms with Gasteiger partial charge in [0.1, 0.15) is 0 Å². The van der Waals surface area contributed by atoms with Gasteiger partial charge in [-0.25, -0.2) is 0 Å². The van der Waals surface area contributed by atoms with Crippen molar-refractivity contribution in [1.82, 2.24) is 0 Å².